The Balaban J connectivity index is 2.16. The minimum atomic E-state index is -0.699. The van der Waals surface area contributed by atoms with Gasteiger partial charge in [0.25, 0.3) is 5.91 Å². The molecule has 0 atom stereocenters. The van der Waals surface area contributed by atoms with Crippen molar-refractivity contribution in [3.05, 3.63) is 17.1 Å². The van der Waals surface area contributed by atoms with E-state index in [4.69, 9.17) is 5.73 Å². The number of amides is 2. The highest BCUT2D eigenvalue weighted by atomic mass is 32.1. The van der Waals surface area contributed by atoms with Crippen molar-refractivity contribution in [2.75, 3.05) is 19.3 Å². The first-order chi connectivity index (χ1) is 9.86. The van der Waals surface area contributed by atoms with Gasteiger partial charge in [-0.1, -0.05) is 0 Å². The highest BCUT2D eigenvalue weighted by Gasteiger charge is 2.28. The zero-order chi connectivity index (χ0) is 15.6. The van der Waals surface area contributed by atoms with Crippen LogP contribution in [0.2, 0.25) is 0 Å². The molecular weight excluding hydrogens is 290 g/mol. The zero-order valence-corrected chi connectivity index (χ0v) is 12.9. The summed E-state index contributed by atoms with van der Waals surface area (Å²) in [6.07, 6.45) is 1.53. The van der Waals surface area contributed by atoms with E-state index in [0.717, 1.165) is 0 Å². The van der Waals surface area contributed by atoms with Crippen molar-refractivity contribution in [1.29, 1.82) is 0 Å². The first kappa shape index (κ1) is 15.2. The van der Waals surface area contributed by atoms with Gasteiger partial charge in [-0.15, -0.1) is 16.4 Å². The number of anilines is 1. The van der Waals surface area contributed by atoms with Crippen molar-refractivity contribution in [3.8, 4) is 0 Å². The van der Waals surface area contributed by atoms with E-state index in [0.29, 0.717) is 20.8 Å². The number of carbonyl (C=O) groups is 2. The number of rotatable bonds is 4. The predicted octanol–water partition coefficient (Wildman–Crippen LogP) is 0.775. The highest BCUT2D eigenvalue weighted by Crippen LogP contribution is 2.31. The average molecular weight is 307 g/mol. The number of nitrogens with two attached hydrogens (primary N) is 1. The normalized spacial score (nSPS) is 11.4. The average Bonchev–Trinajstić information content (AvgIpc) is 2.81. The molecule has 0 aliphatic carbocycles. The van der Waals surface area contributed by atoms with E-state index in [1.54, 1.807) is 27.0 Å². The molecule has 8 heteroatoms. The quantitative estimate of drug-likeness (QED) is 0.773. The van der Waals surface area contributed by atoms with Crippen LogP contribution in [0.4, 0.5) is 5.69 Å². The second-order valence-electron chi connectivity index (χ2n) is 5.24. The van der Waals surface area contributed by atoms with Gasteiger partial charge >= 0.3 is 0 Å². The predicted molar refractivity (Wildman–Crippen MR) is 82.0 cm³/mol. The van der Waals surface area contributed by atoms with Crippen LogP contribution in [0, 0.1) is 5.41 Å². The number of hydrogen-bond acceptors (Lipinski definition) is 6. The van der Waals surface area contributed by atoms with Crippen LogP contribution < -0.4 is 16.4 Å². The molecule has 2 rings (SSSR count). The van der Waals surface area contributed by atoms with Gasteiger partial charge < -0.3 is 16.4 Å². The molecule has 0 bridgehead atoms. The molecule has 0 aromatic carbocycles. The van der Waals surface area contributed by atoms with Crippen LogP contribution in [0.25, 0.3) is 10.2 Å². The second kappa shape index (κ2) is 5.65. The van der Waals surface area contributed by atoms with Gasteiger partial charge in [0.2, 0.25) is 5.91 Å². The lowest BCUT2D eigenvalue weighted by Crippen LogP contribution is -2.43. The topological polar surface area (TPSA) is 110 Å². The van der Waals surface area contributed by atoms with Crippen LogP contribution in [0.1, 0.15) is 23.5 Å². The fourth-order valence-corrected chi connectivity index (χ4v) is 2.80. The van der Waals surface area contributed by atoms with Crippen LogP contribution >= 0.6 is 11.3 Å². The molecule has 21 heavy (non-hydrogen) atoms. The van der Waals surface area contributed by atoms with Crippen molar-refractivity contribution >= 4 is 39.1 Å². The monoisotopic (exact) mass is 307 g/mol. The van der Waals surface area contributed by atoms with Crippen LogP contribution in [0.15, 0.2) is 12.3 Å². The van der Waals surface area contributed by atoms with E-state index < -0.39 is 5.41 Å². The maximum absolute atomic E-state index is 12.2. The van der Waals surface area contributed by atoms with Crippen LogP contribution in [0.5, 0.6) is 0 Å². The largest absolute Gasteiger partial charge is 0.397 e. The van der Waals surface area contributed by atoms with Gasteiger partial charge in [-0.25, -0.2) is 0 Å². The summed E-state index contributed by atoms with van der Waals surface area (Å²) >= 11 is 1.19. The van der Waals surface area contributed by atoms with Crippen molar-refractivity contribution in [3.63, 3.8) is 0 Å². The Morgan fingerprint density at radius 2 is 2.14 bits per heavy atom. The van der Waals surface area contributed by atoms with E-state index in [-0.39, 0.29) is 18.4 Å². The van der Waals surface area contributed by atoms with E-state index >= 15 is 0 Å². The third kappa shape index (κ3) is 2.94. The Morgan fingerprint density at radius 1 is 1.43 bits per heavy atom. The molecule has 0 fully saturated rings. The molecule has 7 nitrogen and oxygen atoms in total. The third-order valence-corrected chi connectivity index (χ3v) is 4.26. The van der Waals surface area contributed by atoms with Gasteiger partial charge in [0.1, 0.15) is 9.71 Å². The minimum Gasteiger partial charge on any atom is -0.397 e. The lowest BCUT2D eigenvalue weighted by atomic mass is 9.92. The summed E-state index contributed by atoms with van der Waals surface area (Å²) in [5.74, 6) is -0.453. The summed E-state index contributed by atoms with van der Waals surface area (Å²) in [6.45, 7) is 3.72. The molecule has 0 spiro atoms. The number of nitrogens with zero attached hydrogens (tertiary/aromatic N) is 2. The van der Waals surface area contributed by atoms with Crippen LogP contribution in [0.3, 0.4) is 0 Å². The molecule has 0 aliphatic heterocycles. The summed E-state index contributed by atoms with van der Waals surface area (Å²) in [7, 11) is 1.56. The maximum Gasteiger partial charge on any atom is 0.263 e. The Bertz CT molecular complexity index is 695. The van der Waals surface area contributed by atoms with Gasteiger partial charge in [0.05, 0.1) is 17.3 Å². The molecule has 0 aliphatic rings. The van der Waals surface area contributed by atoms with Gasteiger partial charge in [-0.05, 0) is 19.9 Å². The maximum atomic E-state index is 12.2. The minimum absolute atomic E-state index is 0.141. The molecule has 0 unspecified atom stereocenters. The Hall–Kier alpha value is -2.22. The summed E-state index contributed by atoms with van der Waals surface area (Å²) < 4.78 is 0. The van der Waals surface area contributed by atoms with Gasteiger partial charge in [-0.3, -0.25) is 9.59 Å². The standard InChI is InChI=1S/C13H17N5O2S/c1-13(2,12(20)15-3)6-16-10(19)9-8(14)7-4-5-17-18-11(7)21-9/h4-5H,6,14H2,1-3H3,(H,15,20)(H,16,19). The Kier molecular flexibility index (Phi) is 4.08. The molecule has 2 amide bonds. The smallest absolute Gasteiger partial charge is 0.263 e. The number of thiophene rings is 1. The van der Waals surface area contributed by atoms with Gasteiger partial charge in [-0.2, -0.15) is 5.10 Å². The molecule has 0 radical (unpaired) electrons. The van der Waals surface area contributed by atoms with Gasteiger partial charge in [0.15, 0.2) is 0 Å². The Morgan fingerprint density at radius 3 is 2.76 bits per heavy atom. The molecule has 2 aromatic heterocycles. The number of carbonyl (C=O) groups excluding carboxylic acids is 2. The molecule has 2 heterocycles. The number of nitrogen functional groups attached to an aromatic ring is 1. The molecule has 112 valence electrons. The number of fused-ring (bicyclic) bond motifs is 1. The van der Waals surface area contributed by atoms with Crippen LogP contribution in [-0.4, -0.2) is 35.6 Å². The van der Waals surface area contributed by atoms with E-state index in [2.05, 4.69) is 20.8 Å². The highest BCUT2D eigenvalue weighted by molar-refractivity contribution is 7.21. The second-order valence-corrected chi connectivity index (χ2v) is 6.24. The Labute approximate surface area is 125 Å². The van der Waals surface area contributed by atoms with E-state index in [1.807, 2.05) is 0 Å². The fraction of sp³-hybridized carbons (Fsp3) is 0.385. The van der Waals surface area contributed by atoms with Crippen molar-refractivity contribution in [2.24, 2.45) is 5.41 Å². The molecular formula is C13H17N5O2S. The molecule has 0 saturated heterocycles. The van der Waals surface area contributed by atoms with E-state index in [9.17, 15) is 9.59 Å². The summed E-state index contributed by atoms with van der Waals surface area (Å²) in [4.78, 5) is 24.9. The summed E-state index contributed by atoms with van der Waals surface area (Å²) in [5.41, 5.74) is 5.66. The number of hydrogen-bond donors (Lipinski definition) is 3. The lowest BCUT2D eigenvalue weighted by Gasteiger charge is -2.22. The van der Waals surface area contributed by atoms with E-state index in [1.165, 1.54) is 17.5 Å². The zero-order valence-electron chi connectivity index (χ0n) is 12.1. The SMILES string of the molecule is CNC(=O)C(C)(C)CNC(=O)c1sc2nnccc2c1N. The summed E-state index contributed by atoms with van der Waals surface area (Å²) in [6, 6.07) is 1.72. The summed E-state index contributed by atoms with van der Waals surface area (Å²) in [5, 5.41) is 13.7. The van der Waals surface area contributed by atoms with Crippen molar-refractivity contribution in [2.45, 2.75) is 13.8 Å². The van der Waals surface area contributed by atoms with Crippen LogP contribution in [-0.2, 0) is 4.79 Å². The molecule has 2 aromatic rings. The first-order valence-electron chi connectivity index (χ1n) is 6.37. The fourth-order valence-electron chi connectivity index (χ4n) is 1.84. The lowest BCUT2D eigenvalue weighted by molar-refractivity contribution is -0.128. The third-order valence-electron chi connectivity index (χ3n) is 3.16. The van der Waals surface area contributed by atoms with Crippen molar-refractivity contribution < 1.29 is 9.59 Å². The molecule has 0 saturated carbocycles. The molecule has 4 N–H and O–H groups in total. The first-order valence-corrected chi connectivity index (χ1v) is 7.18. The number of nitrogens with one attached hydrogen (secondary N) is 2. The number of aromatic nitrogens is 2. The van der Waals surface area contributed by atoms with Crippen molar-refractivity contribution in [1.82, 2.24) is 20.8 Å². The van der Waals surface area contributed by atoms with Gasteiger partial charge in [0, 0.05) is 19.0 Å².